The maximum atomic E-state index is 12.5. The number of carbonyl (C=O) groups is 1. The molecular formula is C13H16Br2N2O. The van der Waals surface area contributed by atoms with Gasteiger partial charge in [0.25, 0.3) is 0 Å². The van der Waals surface area contributed by atoms with E-state index in [9.17, 15) is 4.79 Å². The lowest BCUT2D eigenvalue weighted by molar-refractivity contribution is -0.122. The summed E-state index contributed by atoms with van der Waals surface area (Å²) in [6, 6.07) is 5.76. The van der Waals surface area contributed by atoms with Gasteiger partial charge in [-0.25, -0.2) is 0 Å². The first-order valence-corrected chi connectivity index (χ1v) is 7.68. The van der Waals surface area contributed by atoms with E-state index in [0.717, 1.165) is 40.4 Å². The molecule has 2 rings (SSSR count). The molecule has 2 N–H and O–H groups in total. The smallest absolute Gasteiger partial charge is 0.244 e. The number of rotatable bonds is 3. The second-order valence-electron chi connectivity index (χ2n) is 4.52. The number of amides is 1. The Hall–Kier alpha value is -0.390. The lowest BCUT2D eigenvalue weighted by Gasteiger charge is -2.27. The predicted octanol–water partition coefficient (Wildman–Crippen LogP) is 3.68. The van der Waals surface area contributed by atoms with Crippen LogP contribution in [0.5, 0.6) is 0 Å². The lowest BCUT2D eigenvalue weighted by Crippen LogP contribution is -2.50. The maximum absolute atomic E-state index is 12.5. The molecule has 0 aliphatic carbocycles. The number of benzene rings is 1. The van der Waals surface area contributed by atoms with Crippen LogP contribution in [0.2, 0.25) is 0 Å². The molecule has 1 saturated heterocycles. The summed E-state index contributed by atoms with van der Waals surface area (Å²) in [7, 11) is 0. The van der Waals surface area contributed by atoms with Crippen molar-refractivity contribution >= 4 is 43.5 Å². The van der Waals surface area contributed by atoms with Crippen molar-refractivity contribution in [3.63, 3.8) is 0 Å². The van der Waals surface area contributed by atoms with Gasteiger partial charge in [-0.3, -0.25) is 4.79 Å². The molecule has 1 aromatic rings. The fourth-order valence-electron chi connectivity index (χ4n) is 2.31. The average molecular weight is 376 g/mol. The van der Waals surface area contributed by atoms with Crippen LogP contribution in [0.4, 0.5) is 5.69 Å². The van der Waals surface area contributed by atoms with E-state index in [4.69, 9.17) is 0 Å². The molecule has 1 unspecified atom stereocenters. The van der Waals surface area contributed by atoms with Gasteiger partial charge < -0.3 is 10.6 Å². The maximum Gasteiger partial charge on any atom is 0.244 e. The van der Waals surface area contributed by atoms with E-state index in [-0.39, 0.29) is 5.91 Å². The van der Waals surface area contributed by atoms with Gasteiger partial charge in [0, 0.05) is 8.95 Å². The topological polar surface area (TPSA) is 41.1 Å². The Bertz CT molecular complexity index is 436. The Balaban J connectivity index is 2.21. The lowest BCUT2D eigenvalue weighted by atomic mass is 9.93. The molecule has 98 valence electrons. The summed E-state index contributed by atoms with van der Waals surface area (Å²) in [5.41, 5.74) is 0.387. The molecular weight excluding hydrogens is 360 g/mol. The van der Waals surface area contributed by atoms with Crippen molar-refractivity contribution in [2.45, 2.75) is 31.7 Å². The van der Waals surface area contributed by atoms with E-state index < -0.39 is 5.54 Å². The minimum Gasteiger partial charge on any atom is -0.323 e. The zero-order valence-corrected chi connectivity index (χ0v) is 13.4. The highest BCUT2D eigenvalue weighted by atomic mass is 79.9. The summed E-state index contributed by atoms with van der Waals surface area (Å²) in [6.07, 6.45) is 2.76. The zero-order valence-electron chi connectivity index (χ0n) is 10.2. The molecule has 0 radical (unpaired) electrons. The predicted molar refractivity (Wildman–Crippen MR) is 80.7 cm³/mol. The molecule has 1 aliphatic heterocycles. The molecule has 0 saturated carbocycles. The van der Waals surface area contributed by atoms with Gasteiger partial charge in [0.2, 0.25) is 5.91 Å². The molecule has 1 atom stereocenters. The zero-order chi connectivity index (χ0) is 13.2. The Morgan fingerprint density at radius 1 is 1.44 bits per heavy atom. The third-order valence-corrected chi connectivity index (χ3v) is 4.80. The number of anilines is 1. The van der Waals surface area contributed by atoms with Crippen molar-refractivity contribution in [1.29, 1.82) is 0 Å². The highest BCUT2D eigenvalue weighted by molar-refractivity contribution is 9.11. The van der Waals surface area contributed by atoms with Crippen LogP contribution in [0.1, 0.15) is 26.2 Å². The third kappa shape index (κ3) is 2.63. The first kappa shape index (κ1) is 14.0. The molecule has 0 aromatic heterocycles. The molecule has 3 nitrogen and oxygen atoms in total. The normalized spacial score (nSPS) is 23.1. The number of nitrogens with one attached hydrogen (secondary N) is 2. The van der Waals surface area contributed by atoms with E-state index in [1.807, 2.05) is 25.1 Å². The molecule has 1 heterocycles. The van der Waals surface area contributed by atoms with Gasteiger partial charge in [-0.2, -0.15) is 0 Å². The van der Waals surface area contributed by atoms with Crippen LogP contribution in [0.25, 0.3) is 0 Å². The molecule has 1 amide bonds. The Morgan fingerprint density at radius 3 is 2.61 bits per heavy atom. The van der Waals surface area contributed by atoms with Crippen LogP contribution in [-0.4, -0.2) is 18.0 Å². The Kier molecular flexibility index (Phi) is 4.45. The SMILES string of the molecule is CCC1(C(=O)Nc2c(Br)cccc2Br)CCCN1. The van der Waals surface area contributed by atoms with Crippen LogP contribution in [-0.2, 0) is 4.79 Å². The number of hydrogen-bond donors (Lipinski definition) is 2. The summed E-state index contributed by atoms with van der Waals surface area (Å²) in [6.45, 7) is 2.96. The minimum atomic E-state index is -0.408. The van der Waals surface area contributed by atoms with Gasteiger partial charge >= 0.3 is 0 Å². The molecule has 1 aromatic carbocycles. The molecule has 5 heteroatoms. The summed E-state index contributed by atoms with van der Waals surface area (Å²) in [5.74, 6) is 0.0510. The number of hydrogen-bond acceptors (Lipinski definition) is 2. The molecule has 1 aliphatic rings. The van der Waals surface area contributed by atoms with Crippen LogP contribution in [0.3, 0.4) is 0 Å². The molecule has 18 heavy (non-hydrogen) atoms. The van der Waals surface area contributed by atoms with E-state index in [0.29, 0.717) is 0 Å². The first-order chi connectivity index (χ1) is 8.59. The monoisotopic (exact) mass is 374 g/mol. The van der Waals surface area contributed by atoms with Crippen molar-refractivity contribution in [3.05, 3.63) is 27.1 Å². The molecule has 1 fully saturated rings. The average Bonchev–Trinajstić information content (AvgIpc) is 2.84. The van der Waals surface area contributed by atoms with E-state index in [1.165, 1.54) is 0 Å². The number of para-hydroxylation sites is 1. The fraction of sp³-hybridized carbons (Fsp3) is 0.462. The number of halogens is 2. The second-order valence-corrected chi connectivity index (χ2v) is 6.23. The summed E-state index contributed by atoms with van der Waals surface area (Å²) >= 11 is 6.92. The first-order valence-electron chi connectivity index (χ1n) is 6.09. The Morgan fingerprint density at radius 2 is 2.11 bits per heavy atom. The van der Waals surface area contributed by atoms with E-state index in [2.05, 4.69) is 42.5 Å². The van der Waals surface area contributed by atoms with Crippen molar-refractivity contribution in [3.8, 4) is 0 Å². The Labute approximate surface area is 124 Å². The van der Waals surface area contributed by atoms with Crippen LogP contribution < -0.4 is 10.6 Å². The van der Waals surface area contributed by atoms with Crippen LogP contribution in [0, 0.1) is 0 Å². The van der Waals surface area contributed by atoms with Gasteiger partial charge in [0.15, 0.2) is 0 Å². The van der Waals surface area contributed by atoms with Gasteiger partial charge in [-0.05, 0) is 69.8 Å². The summed E-state index contributed by atoms with van der Waals surface area (Å²) in [5, 5.41) is 6.35. The molecule has 0 bridgehead atoms. The summed E-state index contributed by atoms with van der Waals surface area (Å²) in [4.78, 5) is 12.5. The van der Waals surface area contributed by atoms with Gasteiger partial charge in [0.05, 0.1) is 11.2 Å². The second kappa shape index (κ2) is 5.72. The van der Waals surface area contributed by atoms with Crippen molar-refractivity contribution in [1.82, 2.24) is 5.32 Å². The van der Waals surface area contributed by atoms with Gasteiger partial charge in [-0.15, -0.1) is 0 Å². The van der Waals surface area contributed by atoms with Crippen molar-refractivity contribution < 1.29 is 4.79 Å². The van der Waals surface area contributed by atoms with E-state index >= 15 is 0 Å². The molecule has 0 spiro atoms. The third-order valence-electron chi connectivity index (χ3n) is 3.48. The van der Waals surface area contributed by atoms with Gasteiger partial charge in [-0.1, -0.05) is 13.0 Å². The highest BCUT2D eigenvalue weighted by Gasteiger charge is 2.39. The quantitative estimate of drug-likeness (QED) is 0.845. The highest BCUT2D eigenvalue weighted by Crippen LogP contribution is 2.32. The van der Waals surface area contributed by atoms with Gasteiger partial charge in [0.1, 0.15) is 0 Å². The largest absolute Gasteiger partial charge is 0.323 e. The van der Waals surface area contributed by atoms with Crippen LogP contribution >= 0.6 is 31.9 Å². The number of carbonyl (C=O) groups excluding carboxylic acids is 1. The van der Waals surface area contributed by atoms with E-state index in [1.54, 1.807) is 0 Å². The standard InChI is InChI=1S/C13H16Br2N2O/c1-2-13(7-4-8-16-13)12(18)17-11-9(14)5-3-6-10(11)15/h3,5-6,16H,2,4,7-8H2,1H3,(H,17,18). The summed E-state index contributed by atoms with van der Waals surface area (Å²) < 4.78 is 1.77. The van der Waals surface area contributed by atoms with Crippen molar-refractivity contribution in [2.75, 3.05) is 11.9 Å². The minimum absolute atomic E-state index is 0.0510. The van der Waals surface area contributed by atoms with Crippen molar-refractivity contribution in [2.24, 2.45) is 0 Å². The fourth-order valence-corrected chi connectivity index (χ4v) is 3.51. The van der Waals surface area contributed by atoms with Crippen LogP contribution in [0.15, 0.2) is 27.1 Å².